The Labute approximate surface area is 199 Å². The van der Waals surface area contributed by atoms with Gasteiger partial charge in [0.25, 0.3) is 5.91 Å². The summed E-state index contributed by atoms with van der Waals surface area (Å²) >= 11 is 0. The molecule has 1 heterocycles. The van der Waals surface area contributed by atoms with Crippen LogP contribution >= 0.6 is 0 Å². The highest BCUT2D eigenvalue weighted by atomic mass is 16.6. The summed E-state index contributed by atoms with van der Waals surface area (Å²) in [6.07, 6.45) is 0.572. The predicted octanol–water partition coefficient (Wildman–Crippen LogP) is 4.75. The van der Waals surface area contributed by atoms with Crippen LogP contribution in [-0.2, 0) is 24.5 Å². The minimum atomic E-state index is -1.65. The Bertz CT molecular complexity index is 1190. The van der Waals surface area contributed by atoms with E-state index in [0.29, 0.717) is 22.8 Å². The standard InChI is InChI=1S/C27H29NO6/c1-16-21(33-6)15-22(29)27(23(16)17-10-9-11-18(14-17)32-5)19-12-7-8-13-20(19)28(24(27)30)25(31)34-26(2,3)4/h7-16,23H,1-6H3/t16-,23-,27?/m0/s1. The third kappa shape index (κ3) is 3.47. The molecule has 0 saturated carbocycles. The van der Waals surface area contributed by atoms with Crippen molar-refractivity contribution in [2.75, 3.05) is 19.1 Å². The van der Waals surface area contributed by atoms with Crippen molar-refractivity contribution >= 4 is 23.5 Å². The van der Waals surface area contributed by atoms with Crippen molar-refractivity contribution in [3.05, 3.63) is 71.5 Å². The molecule has 1 aliphatic carbocycles. The van der Waals surface area contributed by atoms with Crippen LogP contribution in [0.25, 0.3) is 0 Å². The maximum Gasteiger partial charge on any atom is 0.421 e. The zero-order valence-electron chi connectivity index (χ0n) is 20.2. The van der Waals surface area contributed by atoms with Crippen molar-refractivity contribution in [1.82, 2.24) is 0 Å². The van der Waals surface area contributed by atoms with Gasteiger partial charge in [-0.25, -0.2) is 9.69 Å². The van der Waals surface area contributed by atoms with E-state index in [-0.39, 0.29) is 5.92 Å². The second kappa shape index (κ2) is 8.31. The highest BCUT2D eigenvalue weighted by Gasteiger charge is 2.65. The van der Waals surface area contributed by atoms with Crippen molar-refractivity contribution < 1.29 is 28.6 Å². The van der Waals surface area contributed by atoms with E-state index in [1.807, 2.05) is 25.1 Å². The summed E-state index contributed by atoms with van der Waals surface area (Å²) in [5.74, 6) is -0.965. The van der Waals surface area contributed by atoms with Crippen molar-refractivity contribution in [3.63, 3.8) is 0 Å². The summed E-state index contributed by atoms with van der Waals surface area (Å²) in [5, 5.41) is 0. The molecular weight excluding hydrogens is 434 g/mol. The molecule has 34 heavy (non-hydrogen) atoms. The Hall–Kier alpha value is -3.61. The zero-order valence-corrected chi connectivity index (χ0v) is 20.2. The van der Waals surface area contributed by atoms with Crippen LogP contribution in [0.15, 0.2) is 60.4 Å². The van der Waals surface area contributed by atoms with Gasteiger partial charge in [0.05, 0.1) is 19.9 Å². The number of imide groups is 1. The van der Waals surface area contributed by atoms with Crippen LogP contribution in [0.4, 0.5) is 10.5 Å². The monoisotopic (exact) mass is 463 g/mol. The summed E-state index contributed by atoms with van der Waals surface area (Å²) in [6, 6.07) is 14.2. The number of hydrogen-bond donors (Lipinski definition) is 0. The van der Waals surface area contributed by atoms with Gasteiger partial charge in [-0.3, -0.25) is 9.59 Å². The minimum absolute atomic E-state index is 0.342. The van der Waals surface area contributed by atoms with E-state index in [1.54, 1.807) is 58.2 Å². The van der Waals surface area contributed by atoms with Gasteiger partial charge >= 0.3 is 6.09 Å². The van der Waals surface area contributed by atoms with Crippen molar-refractivity contribution in [2.24, 2.45) is 5.92 Å². The Balaban J connectivity index is 2.00. The average molecular weight is 464 g/mol. The number of fused-ring (bicyclic) bond motifs is 2. The molecule has 0 bridgehead atoms. The smallest absolute Gasteiger partial charge is 0.421 e. The van der Waals surface area contributed by atoms with Crippen LogP contribution in [0.5, 0.6) is 5.75 Å². The fraction of sp³-hybridized carbons (Fsp3) is 0.370. The zero-order chi connectivity index (χ0) is 24.8. The molecule has 0 radical (unpaired) electrons. The minimum Gasteiger partial charge on any atom is -0.501 e. The maximum atomic E-state index is 14.3. The fourth-order valence-corrected chi connectivity index (χ4v) is 5.12. The van der Waals surface area contributed by atoms with Crippen LogP contribution < -0.4 is 9.64 Å². The molecule has 4 rings (SSSR count). The van der Waals surface area contributed by atoms with Gasteiger partial charge in [-0.2, -0.15) is 0 Å². The van der Waals surface area contributed by atoms with Gasteiger partial charge in [-0.15, -0.1) is 0 Å². The average Bonchev–Trinajstić information content (AvgIpc) is 3.04. The number of carbonyl (C=O) groups is 3. The van der Waals surface area contributed by atoms with Gasteiger partial charge in [-0.05, 0) is 44.5 Å². The molecule has 2 aromatic carbocycles. The van der Waals surface area contributed by atoms with Crippen LogP contribution in [0, 0.1) is 5.92 Å². The first-order valence-electron chi connectivity index (χ1n) is 11.2. The SMILES string of the molecule is COC1=CC(=O)C2(C(=O)N(C(=O)OC(C)(C)C)c3ccccc32)[C@H](c2cccc(OC)c2)[C@H]1C. The summed E-state index contributed by atoms with van der Waals surface area (Å²) in [4.78, 5) is 42.4. The number of methoxy groups -OCH3 is 2. The normalized spacial score (nSPS) is 24.1. The molecule has 2 aromatic rings. The Morgan fingerprint density at radius 2 is 1.71 bits per heavy atom. The number of ketones is 1. The molecule has 0 saturated heterocycles. The molecule has 0 N–H and O–H groups in total. The number of anilines is 1. The molecule has 7 heteroatoms. The molecular formula is C27H29NO6. The molecule has 1 aliphatic heterocycles. The molecule has 1 spiro atoms. The highest BCUT2D eigenvalue weighted by molar-refractivity contribution is 6.32. The fourth-order valence-electron chi connectivity index (χ4n) is 5.12. The van der Waals surface area contributed by atoms with E-state index in [2.05, 4.69) is 0 Å². The Morgan fingerprint density at radius 3 is 2.35 bits per heavy atom. The van der Waals surface area contributed by atoms with E-state index in [9.17, 15) is 14.4 Å². The molecule has 178 valence electrons. The van der Waals surface area contributed by atoms with E-state index < -0.39 is 34.7 Å². The molecule has 2 aliphatic rings. The number of carbonyl (C=O) groups excluding carboxylic acids is 3. The van der Waals surface area contributed by atoms with Gasteiger partial charge in [0.1, 0.15) is 22.5 Å². The first kappa shape index (κ1) is 23.5. The number of hydrogen-bond acceptors (Lipinski definition) is 6. The van der Waals surface area contributed by atoms with Crippen LogP contribution in [0.1, 0.15) is 44.7 Å². The number of nitrogens with zero attached hydrogens (tertiary/aromatic N) is 1. The van der Waals surface area contributed by atoms with Crippen LogP contribution in [0.2, 0.25) is 0 Å². The third-order valence-corrected chi connectivity index (χ3v) is 6.45. The lowest BCUT2D eigenvalue weighted by Gasteiger charge is -2.42. The predicted molar refractivity (Wildman–Crippen MR) is 127 cm³/mol. The van der Waals surface area contributed by atoms with Crippen LogP contribution in [0.3, 0.4) is 0 Å². The van der Waals surface area contributed by atoms with Crippen molar-refractivity contribution in [1.29, 1.82) is 0 Å². The van der Waals surface area contributed by atoms with Gasteiger partial charge in [0.2, 0.25) is 0 Å². The van der Waals surface area contributed by atoms with Gasteiger partial charge in [0, 0.05) is 23.5 Å². The first-order chi connectivity index (χ1) is 16.1. The van der Waals surface area contributed by atoms with Crippen molar-refractivity contribution in [2.45, 2.75) is 44.6 Å². The summed E-state index contributed by atoms with van der Waals surface area (Å²) in [7, 11) is 3.07. The lowest BCUT2D eigenvalue weighted by molar-refractivity contribution is -0.134. The van der Waals surface area contributed by atoms with Gasteiger partial charge < -0.3 is 14.2 Å². The largest absolute Gasteiger partial charge is 0.501 e. The number of para-hydroxylation sites is 1. The van der Waals surface area contributed by atoms with Crippen LogP contribution in [-0.4, -0.2) is 37.6 Å². The second-order valence-electron chi connectivity index (χ2n) is 9.60. The number of amides is 2. The number of rotatable bonds is 3. The van der Waals surface area contributed by atoms with E-state index >= 15 is 0 Å². The molecule has 2 amide bonds. The Kier molecular flexibility index (Phi) is 5.75. The van der Waals surface area contributed by atoms with Gasteiger partial charge in [-0.1, -0.05) is 37.3 Å². The molecule has 0 aromatic heterocycles. The third-order valence-electron chi connectivity index (χ3n) is 6.45. The highest BCUT2D eigenvalue weighted by Crippen LogP contribution is 2.57. The topological polar surface area (TPSA) is 82.1 Å². The van der Waals surface area contributed by atoms with E-state index in [0.717, 1.165) is 10.5 Å². The van der Waals surface area contributed by atoms with Crippen molar-refractivity contribution in [3.8, 4) is 5.75 Å². The second-order valence-corrected chi connectivity index (χ2v) is 9.60. The maximum absolute atomic E-state index is 14.3. The lowest BCUT2D eigenvalue weighted by Crippen LogP contribution is -2.55. The molecule has 3 atom stereocenters. The molecule has 0 fully saturated rings. The van der Waals surface area contributed by atoms with Gasteiger partial charge in [0.15, 0.2) is 5.78 Å². The first-order valence-corrected chi connectivity index (χ1v) is 11.2. The number of benzene rings is 2. The van der Waals surface area contributed by atoms with E-state index in [4.69, 9.17) is 14.2 Å². The quantitative estimate of drug-likeness (QED) is 0.611. The summed E-state index contributed by atoms with van der Waals surface area (Å²) in [5.41, 5.74) is -0.911. The summed E-state index contributed by atoms with van der Waals surface area (Å²) in [6.45, 7) is 7.11. The Morgan fingerprint density at radius 1 is 1.00 bits per heavy atom. The summed E-state index contributed by atoms with van der Waals surface area (Å²) < 4.78 is 16.5. The number of allylic oxidation sites excluding steroid dienone is 2. The van der Waals surface area contributed by atoms with E-state index in [1.165, 1.54) is 13.2 Å². The molecule has 7 nitrogen and oxygen atoms in total. The lowest BCUT2D eigenvalue weighted by atomic mass is 9.58. The number of ether oxygens (including phenoxy) is 3. The molecule has 1 unspecified atom stereocenters.